The number of hydrogen-bond acceptors (Lipinski definition) is 4. The maximum absolute atomic E-state index is 14.1. The molecule has 7 heteroatoms. The number of H-pyrrole nitrogens is 1. The van der Waals surface area contributed by atoms with Crippen molar-refractivity contribution in [3.8, 4) is 0 Å². The Balaban J connectivity index is 2.57. The Kier molecular flexibility index (Phi) is 5.44. The molecule has 2 rings (SSSR count). The minimum Gasteiger partial charge on any atom is -0.370 e. The number of benzene rings is 1. The van der Waals surface area contributed by atoms with E-state index in [0.29, 0.717) is 6.54 Å². The van der Waals surface area contributed by atoms with Crippen LogP contribution >= 0.6 is 0 Å². The van der Waals surface area contributed by atoms with Gasteiger partial charge in [0, 0.05) is 19.2 Å². The molecule has 0 spiro atoms. The fraction of sp³-hybridized carbons (Fsp3) is 0.375. The number of nitrogens with one attached hydrogen (secondary N) is 2. The van der Waals surface area contributed by atoms with Crippen molar-refractivity contribution < 1.29 is 13.5 Å². The van der Waals surface area contributed by atoms with E-state index >= 15 is 0 Å². The first-order valence-corrected chi connectivity index (χ1v) is 7.31. The zero-order valence-corrected chi connectivity index (χ0v) is 13.2. The molecular formula is C16H19F2N3O2. The van der Waals surface area contributed by atoms with E-state index in [1.54, 1.807) is 0 Å². The summed E-state index contributed by atoms with van der Waals surface area (Å²) in [7, 11) is 1.32. The number of aromatic nitrogens is 2. The van der Waals surface area contributed by atoms with Gasteiger partial charge in [0.25, 0.3) is 5.56 Å². The van der Waals surface area contributed by atoms with E-state index in [2.05, 4.69) is 15.3 Å². The van der Waals surface area contributed by atoms with Gasteiger partial charge in [-0.3, -0.25) is 9.78 Å². The van der Waals surface area contributed by atoms with Gasteiger partial charge in [-0.1, -0.05) is 13.0 Å². The molecule has 0 bridgehead atoms. The zero-order valence-electron chi connectivity index (χ0n) is 13.2. The summed E-state index contributed by atoms with van der Waals surface area (Å²) >= 11 is 0. The minimum atomic E-state index is -1.11. The standard InChI is InChI=1S/C16H19F2N3O2/c1-4-8-19-16-20-13(9(2)15(22)21-16)14(23-3)12-10(17)6-5-7-11(12)18/h5-7,14H,4,8H2,1-3H3,(H2,19,20,21,22). The highest BCUT2D eigenvalue weighted by Crippen LogP contribution is 2.29. The average Bonchev–Trinajstić information content (AvgIpc) is 2.52. The molecule has 0 aliphatic carbocycles. The van der Waals surface area contributed by atoms with Crippen LogP contribution in [0.5, 0.6) is 0 Å². The second-order valence-corrected chi connectivity index (χ2v) is 5.10. The minimum absolute atomic E-state index is 0.179. The molecule has 0 saturated heterocycles. The Labute approximate surface area is 132 Å². The second-order valence-electron chi connectivity index (χ2n) is 5.10. The summed E-state index contributed by atoms with van der Waals surface area (Å²) in [5.74, 6) is -1.25. The Morgan fingerprint density at radius 2 is 2.00 bits per heavy atom. The molecule has 0 aliphatic rings. The van der Waals surface area contributed by atoms with E-state index < -0.39 is 17.7 Å². The van der Waals surface area contributed by atoms with Gasteiger partial charge in [-0.15, -0.1) is 0 Å². The first-order valence-electron chi connectivity index (χ1n) is 7.31. The molecule has 5 nitrogen and oxygen atoms in total. The maximum Gasteiger partial charge on any atom is 0.255 e. The molecule has 2 aromatic rings. The zero-order chi connectivity index (χ0) is 17.0. The van der Waals surface area contributed by atoms with Crippen LogP contribution in [-0.2, 0) is 4.74 Å². The summed E-state index contributed by atoms with van der Waals surface area (Å²) < 4.78 is 33.4. The van der Waals surface area contributed by atoms with Gasteiger partial charge in [-0.2, -0.15) is 0 Å². The number of ether oxygens (including phenoxy) is 1. The molecule has 1 aromatic carbocycles. The highest BCUT2D eigenvalue weighted by atomic mass is 19.1. The summed E-state index contributed by atoms with van der Waals surface area (Å²) in [6, 6.07) is 3.56. The van der Waals surface area contributed by atoms with Crippen LogP contribution < -0.4 is 10.9 Å². The maximum atomic E-state index is 14.1. The molecule has 0 fully saturated rings. The lowest BCUT2D eigenvalue weighted by atomic mass is 10.0. The van der Waals surface area contributed by atoms with Crippen molar-refractivity contribution in [3.63, 3.8) is 0 Å². The molecular weight excluding hydrogens is 304 g/mol. The number of nitrogens with zero attached hydrogens (tertiary/aromatic N) is 1. The van der Waals surface area contributed by atoms with Gasteiger partial charge in [-0.25, -0.2) is 13.8 Å². The van der Waals surface area contributed by atoms with Gasteiger partial charge in [0.1, 0.15) is 17.7 Å². The molecule has 1 unspecified atom stereocenters. The van der Waals surface area contributed by atoms with Crippen molar-refractivity contribution in [2.45, 2.75) is 26.4 Å². The smallest absolute Gasteiger partial charge is 0.255 e. The van der Waals surface area contributed by atoms with Gasteiger partial charge in [0.15, 0.2) is 0 Å². The van der Waals surface area contributed by atoms with Crippen molar-refractivity contribution in [2.24, 2.45) is 0 Å². The number of methoxy groups -OCH3 is 1. The fourth-order valence-electron chi connectivity index (χ4n) is 2.26. The largest absolute Gasteiger partial charge is 0.370 e. The third-order valence-corrected chi connectivity index (χ3v) is 3.48. The molecule has 0 radical (unpaired) electrons. The molecule has 0 saturated carbocycles. The van der Waals surface area contributed by atoms with E-state index in [4.69, 9.17) is 4.74 Å². The highest BCUT2D eigenvalue weighted by molar-refractivity contribution is 5.36. The predicted molar refractivity (Wildman–Crippen MR) is 83.6 cm³/mol. The topological polar surface area (TPSA) is 67.0 Å². The van der Waals surface area contributed by atoms with Crippen molar-refractivity contribution in [1.82, 2.24) is 9.97 Å². The number of halogens is 2. The van der Waals surface area contributed by atoms with Crippen LogP contribution in [0, 0.1) is 18.6 Å². The summed E-state index contributed by atoms with van der Waals surface area (Å²) in [6.45, 7) is 4.11. The van der Waals surface area contributed by atoms with Crippen LogP contribution in [0.2, 0.25) is 0 Å². The lowest BCUT2D eigenvalue weighted by Crippen LogP contribution is -2.22. The van der Waals surface area contributed by atoms with E-state index in [1.807, 2.05) is 6.92 Å². The van der Waals surface area contributed by atoms with Crippen LogP contribution in [0.4, 0.5) is 14.7 Å². The van der Waals surface area contributed by atoms with Gasteiger partial charge >= 0.3 is 0 Å². The Bertz CT molecular complexity index is 726. The normalized spacial score (nSPS) is 12.2. The lowest BCUT2D eigenvalue weighted by Gasteiger charge is -2.19. The van der Waals surface area contributed by atoms with Gasteiger partial charge in [-0.05, 0) is 25.5 Å². The number of aromatic amines is 1. The third-order valence-electron chi connectivity index (χ3n) is 3.48. The van der Waals surface area contributed by atoms with Crippen molar-refractivity contribution in [1.29, 1.82) is 0 Å². The molecule has 23 heavy (non-hydrogen) atoms. The number of rotatable bonds is 6. The fourth-order valence-corrected chi connectivity index (χ4v) is 2.26. The van der Waals surface area contributed by atoms with E-state index in [0.717, 1.165) is 18.6 Å². The van der Waals surface area contributed by atoms with Gasteiger partial charge in [0.2, 0.25) is 5.95 Å². The third kappa shape index (κ3) is 3.56. The van der Waals surface area contributed by atoms with Crippen LogP contribution in [0.25, 0.3) is 0 Å². The Morgan fingerprint density at radius 3 is 2.57 bits per heavy atom. The quantitative estimate of drug-likeness (QED) is 0.858. The number of hydrogen-bond donors (Lipinski definition) is 2. The first-order chi connectivity index (χ1) is 11.0. The Morgan fingerprint density at radius 1 is 1.35 bits per heavy atom. The van der Waals surface area contributed by atoms with Gasteiger partial charge < -0.3 is 10.1 Å². The van der Waals surface area contributed by atoms with Crippen LogP contribution in [-0.4, -0.2) is 23.6 Å². The Hall–Kier alpha value is -2.28. The lowest BCUT2D eigenvalue weighted by molar-refractivity contribution is 0.125. The molecule has 1 aromatic heterocycles. The predicted octanol–water partition coefficient (Wildman–Crippen LogP) is 2.91. The van der Waals surface area contributed by atoms with Gasteiger partial charge in [0.05, 0.1) is 11.3 Å². The van der Waals surface area contributed by atoms with Crippen molar-refractivity contribution in [2.75, 3.05) is 19.0 Å². The summed E-state index contributed by atoms with van der Waals surface area (Å²) in [4.78, 5) is 18.9. The van der Waals surface area contributed by atoms with E-state index in [-0.39, 0.29) is 28.3 Å². The monoisotopic (exact) mass is 323 g/mol. The van der Waals surface area contributed by atoms with E-state index in [9.17, 15) is 13.6 Å². The second kappa shape index (κ2) is 7.32. The molecule has 1 heterocycles. The van der Waals surface area contributed by atoms with Crippen LogP contribution in [0.15, 0.2) is 23.0 Å². The van der Waals surface area contributed by atoms with Crippen molar-refractivity contribution in [3.05, 3.63) is 57.0 Å². The molecule has 2 N–H and O–H groups in total. The SMILES string of the molecule is CCCNc1nc(C(OC)c2c(F)cccc2F)c(C)c(=O)[nH]1. The molecule has 0 amide bonds. The van der Waals surface area contributed by atoms with Crippen LogP contribution in [0.3, 0.4) is 0 Å². The highest BCUT2D eigenvalue weighted by Gasteiger charge is 2.26. The number of anilines is 1. The van der Waals surface area contributed by atoms with Crippen LogP contribution in [0.1, 0.15) is 36.3 Å². The summed E-state index contributed by atoms with van der Waals surface area (Å²) in [6.07, 6.45) is -0.275. The molecule has 1 atom stereocenters. The first kappa shape index (κ1) is 17.1. The summed E-state index contributed by atoms with van der Waals surface area (Å²) in [5.41, 5.74) is -0.217. The molecule has 124 valence electrons. The molecule has 0 aliphatic heterocycles. The summed E-state index contributed by atoms with van der Waals surface area (Å²) in [5, 5.41) is 2.95. The van der Waals surface area contributed by atoms with Crippen molar-refractivity contribution >= 4 is 5.95 Å². The average molecular weight is 323 g/mol. The van der Waals surface area contributed by atoms with E-state index in [1.165, 1.54) is 20.1 Å².